The first-order chi connectivity index (χ1) is 31.7. The number of methoxy groups -OCH3 is 1. The van der Waals surface area contributed by atoms with Crippen LogP contribution in [0.2, 0.25) is 19.6 Å². The molecule has 0 rings (SSSR count). The van der Waals surface area contributed by atoms with E-state index >= 15 is 0 Å². The van der Waals surface area contributed by atoms with E-state index in [1.807, 2.05) is 13.8 Å². The van der Waals surface area contributed by atoms with E-state index in [0.29, 0.717) is 0 Å². The van der Waals surface area contributed by atoms with Gasteiger partial charge in [0.25, 0.3) is 0 Å². The van der Waals surface area contributed by atoms with E-state index in [1.165, 1.54) is 55.7 Å². The van der Waals surface area contributed by atoms with Gasteiger partial charge in [-0.2, -0.15) is 0 Å². The molecule has 66 heavy (non-hydrogen) atoms. The van der Waals surface area contributed by atoms with Crippen LogP contribution in [-0.4, -0.2) is 20.8 Å². The van der Waals surface area contributed by atoms with Crippen LogP contribution in [0.3, 0.4) is 0 Å². The third-order valence-corrected chi connectivity index (χ3v) is 12.2. The van der Waals surface area contributed by atoms with Crippen molar-refractivity contribution >= 4 is 8.07 Å². The third kappa shape index (κ3) is 28.4. The Bertz CT molecular complexity index is 1990. The lowest BCUT2D eigenvalue weighted by molar-refractivity contribution is 0.0741. The first kappa shape index (κ1) is 62.2. The van der Waals surface area contributed by atoms with Gasteiger partial charge in [0.2, 0.25) is 0 Å². The van der Waals surface area contributed by atoms with Crippen molar-refractivity contribution in [3.05, 3.63) is 55.7 Å². The fraction of sp³-hybridized carbons (Fsp3) is 0.656. The summed E-state index contributed by atoms with van der Waals surface area (Å²) in [5.41, 5.74) is 15.3. The Morgan fingerprint density at radius 2 is 0.530 bits per heavy atom. The van der Waals surface area contributed by atoms with Crippen LogP contribution in [0.1, 0.15) is 244 Å². The van der Waals surface area contributed by atoms with Crippen molar-refractivity contribution in [1.82, 2.24) is 0 Å². The average molecular weight is 912 g/mol. The van der Waals surface area contributed by atoms with Crippen LogP contribution in [0.15, 0.2) is 55.7 Å². The first-order valence-electron chi connectivity index (χ1n) is 27.0. The number of hydrogen-bond acceptors (Lipinski definition) is 1. The Balaban J connectivity index is 8.38. The van der Waals surface area contributed by atoms with Crippen molar-refractivity contribution in [2.45, 2.75) is 269 Å². The maximum Gasteiger partial charge on any atom is 0.129 e. The number of allylic oxidation sites excluding steroid dienone is 10. The maximum absolute atomic E-state index is 5.68. The van der Waals surface area contributed by atoms with Crippen molar-refractivity contribution in [2.75, 3.05) is 7.11 Å². The van der Waals surface area contributed by atoms with Crippen LogP contribution in [0.25, 0.3) is 0 Å². The molecular weight excluding hydrogens is 813 g/mol. The van der Waals surface area contributed by atoms with Gasteiger partial charge < -0.3 is 4.74 Å². The molecule has 0 bridgehead atoms. The van der Waals surface area contributed by atoms with Gasteiger partial charge >= 0.3 is 0 Å². The molecular formula is C64H98OSi. The molecule has 0 aliphatic rings. The zero-order valence-corrected chi connectivity index (χ0v) is 47.1. The maximum atomic E-state index is 5.68. The summed E-state index contributed by atoms with van der Waals surface area (Å²) in [5.74, 6) is 40.8. The number of rotatable bonds is 26. The second kappa shape index (κ2) is 38.2. The number of unbranched alkanes of at least 4 members (excludes halogenated alkanes) is 5. The lowest BCUT2D eigenvalue weighted by atomic mass is 9.94. The minimum atomic E-state index is -1.52. The summed E-state index contributed by atoms with van der Waals surface area (Å²) in [7, 11) is 0.213. The Morgan fingerprint density at radius 3 is 0.727 bits per heavy atom. The fourth-order valence-electron chi connectivity index (χ4n) is 7.05. The van der Waals surface area contributed by atoms with Crippen LogP contribution in [0.5, 0.6) is 0 Å². The third-order valence-electron chi connectivity index (χ3n) is 11.3. The Hall–Kier alpha value is -3.76. The summed E-state index contributed by atoms with van der Waals surface area (Å²) in [5, 5.41) is 0. The van der Waals surface area contributed by atoms with E-state index in [9.17, 15) is 0 Å². The van der Waals surface area contributed by atoms with Gasteiger partial charge in [-0.1, -0.05) is 218 Å². The van der Waals surface area contributed by atoms with Gasteiger partial charge in [-0.05, 0) is 110 Å². The van der Waals surface area contributed by atoms with Crippen molar-refractivity contribution in [3.63, 3.8) is 0 Å². The SMILES string of the molecule is CCCC/C(C#C/C(CCC)=C(/C#C/C(CCC)=C(/C#CC(C)(C)OC)CCCC)CCCC)=C(\C#C/C(CCCC)=C(/C#C/C(CCCC)=C(/C#C[Si](C)(C)C)CCC)CCC)CCC. The minimum absolute atomic E-state index is 0.502. The zero-order chi connectivity index (χ0) is 49.6. The first-order valence-corrected chi connectivity index (χ1v) is 30.5. The zero-order valence-electron chi connectivity index (χ0n) is 46.1. The molecule has 0 N–H and O–H groups in total. The summed E-state index contributed by atoms with van der Waals surface area (Å²) < 4.78 is 5.68. The molecule has 0 aromatic carbocycles. The highest BCUT2D eigenvalue weighted by Gasteiger charge is 2.13. The molecule has 0 fully saturated rings. The summed E-state index contributed by atoms with van der Waals surface area (Å²) in [4.78, 5) is 0. The quantitative estimate of drug-likeness (QED) is 0.0621. The Labute approximate surface area is 413 Å². The van der Waals surface area contributed by atoms with Gasteiger partial charge in [-0.15, -0.1) is 5.54 Å². The van der Waals surface area contributed by atoms with E-state index < -0.39 is 13.7 Å². The molecule has 0 atom stereocenters. The van der Waals surface area contributed by atoms with Gasteiger partial charge in [0.05, 0.1) is 0 Å². The minimum Gasteiger partial charge on any atom is -0.366 e. The van der Waals surface area contributed by atoms with Crippen LogP contribution in [0, 0.1) is 70.7 Å². The molecule has 0 aromatic rings. The van der Waals surface area contributed by atoms with Crippen LogP contribution >= 0.6 is 0 Å². The van der Waals surface area contributed by atoms with E-state index in [4.69, 9.17) is 4.74 Å². The molecule has 2 heteroatoms. The summed E-state index contributed by atoms with van der Waals surface area (Å²) in [6, 6.07) is 0. The van der Waals surface area contributed by atoms with Crippen molar-refractivity contribution < 1.29 is 4.74 Å². The lowest BCUT2D eigenvalue weighted by Gasteiger charge is -2.15. The topological polar surface area (TPSA) is 9.23 Å². The summed E-state index contributed by atoms with van der Waals surface area (Å²) >= 11 is 0. The standard InChI is InChI=1S/C64H98OSi/c1-17-27-37-59(46-43-55(33-23-7)61(39-29-19-3)48-45-57(35-25-9)63(41-31-21-5)50-52-64(11,12)65-13)54(32-22-6)42-47-60(38-28-18-2)56(34-24-8)44-49-62(40-30-20-4)58(36-26-10)51-53-66(14,15)16/h17-41H2,1-16H3/b59-54+,60-56+,61-55+,62-58+,63-57+. The molecule has 0 saturated carbocycles. The van der Waals surface area contributed by atoms with Gasteiger partial charge in [0.1, 0.15) is 13.7 Å². The van der Waals surface area contributed by atoms with Gasteiger partial charge in [0.15, 0.2) is 0 Å². The van der Waals surface area contributed by atoms with Crippen molar-refractivity contribution in [1.29, 1.82) is 0 Å². The van der Waals surface area contributed by atoms with Gasteiger partial charge in [-0.25, -0.2) is 0 Å². The monoisotopic (exact) mass is 911 g/mol. The smallest absolute Gasteiger partial charge is 0.129 e. The van der Waals surface area contributed by atoms with E-state index in [0.717, 1.165) is 161 Å². The molecule has 1 nitrogen and oxygen atoms in total. The van der Waals surface area contributed by atoms with Crippen LogP contribution in [-0.2, 0) is 4.74 Å². The van der Waals surface area contributed by atoms with Crippen molar-refractivity contribution in [3.8, 4) is 70.7 Å². The van der Waals surface area contributed by atoms with E-state index in [1.54, 1.807) is 7.11 Å². The van der Waals surface area contributed by atoms with Crippen LogP contribution in [0.4, 0.5) is 0 Å². The molecule has 0 spiro atoms. The summed E-state index contributed by atoms with van der Waals surface area (Å²) in [6.07, 6.45) is 25.9. The largest absolute Gasteiger partial charge is 0.366 e. The van der Waals surface area contributed by atoms with Crippen molar-refractivity contribution in [2.24, 2.45) is 0 Å². The molecule has 0 aliphatic carbocycles. The van der Waals surface area contributed by atoms with E-state index in [2.05, 4.69) is 160 Å². The summed E-state index contributed by atoms with van der Waals surface area (Å²) in [6.45, 7) is 33.7. The van der Waals surface area contributed by atoms with Crippen LogP contribution < -0.4 is 0 Å². The average Bonchev–Trinajstić information content (AvgIpc) is 3.29. The number of ether oxygens (including phenoxy) is 1. The molecule has 0 aliphatic heterocycles. The molecule has 0 heterocycles. The molecule has 0 aromatic heterocycles. The molecule has 0 radical (unpaired) electrons. The highest BCUT2D eigenvalue weighted by molar-refractivity contribution is 6.83. The van der Waals surface area contributed by atoms with Gasteiger partial charge in [0, 0.05) is 62.8 Å². The Morgan fingerprint density at radius 1 is 0.318 bits per heavy atom. The molecule has 364 valence electrons. The molecule has 0 unspecified atom stereocenters. The second-order valence-electron chi connectivity index (χ2n) is 19.5. The predicted molar refractivity (Wildman–Crippen MR) is 298 cm³/mol. The van der Waals surface area contributed by atoms with Gasteiger partial charge in [-0.3, -0.25) is 0 Å². The predicted octanol–water partition coefficient (Wildman–Crippen LogP) is 18.7. The van der Waals surface area contributed by atoms with E-state index in [-0.39, 0.29) is 0 Å². The Kier molecular flexibility index (Phi) is 36.1. The molecule has 0 amide bonds. The second-order valence-corrected chi connectivity index (χ2v) is 24.3. The molecule has 0 saturated heterocycles. The number of hydrogen-bond donors (Lipinski definition) is 0. The fourth-order valence-corrected chi connectivity index (χ4v) is 7.58. The highest BCUT2D eigenvalue weighted by atomic mass is 28.3. The normalized spacial score (nSPS) is 13.1. The lowest BCUT2D eigenvalue weighted by Crippen LogP contribution is -2.19. The highest BCUT2D eigenvalue weighted by Crippen LogP contribution is 2.24.